The first-order chi connectivity index (χ1) is 9.88. The number of hydrogen-bond acceptors (Lipinski definition) is 5. The lowest BCUT2D eigenvalue weighted by Crippen LogP contribution is -2.41. The minimum Gasteiger partial charge on any atom is -0.468 e. The molecule has 2 heterocycles. The molecule has 0 spiro atoms. The van der Waals surface area contributed by atoms with Gasteiger partial charge in [-0.3, -0.25) is 4.79 Å². The van der Waals surface area contributed by atoms with E-state index in [2.05, 4.69) is 0 Å². The van der Waals surface area contributed by atoms with Crippen molar-refractivity contribution in [2.75, 3.05) is 38.7 Å². The second kappa shape index (κ2) is 6.85. The van der Waals surface area contributed by atoms with Gasteiger partial charge < -0.3 is 9.32 Å². The lowest BCUT2D eigenvalue weighted by molar-refractivity contribution is -0.131. The molecule has 1 aliphatic heterocycles. The highest BCUT2D eigenvalue weighted by molar-refractivity contribution is 7.99. The molecule has 118 valence electrons. The van der Waals surface area contributed by atoms with Crippen molar-refractivity contribution in [3.8, 4) is 0 Å². The van der Waals surface area contributed by atoms with E-state index in [9.17, 15) is 13.2 Å². The van der Waals surface area contributed by atoms with E-state index in [0.717, 1.165) is 28.5 Å². The molecule has 21 heavy (non-hydrogen) atoms. The topological polar surface area (TPSA) is 70.8 Å². The zero-order valence-corrected chi connectivity index (χ0v) is 13.8. The van der Waals surface area contributed by atoms with Crippen molar-refractivity contribution in [1.29, 1.82) is 0 Å². The molecule has 0 aromatic carbocycles. The first-order valence-corrected chi connectivity index (χ1v) is 9.61. The summed E-state index contributed by atoms with van der Waals surface area (Å²) >= 11 is 1.77. The van der Waals surface area contributed by atoms with Crippen molar-refractivity contribution in [3.63, 3.8) is 0 Å². The highest BCUT2D eigenvalue weighted by atomic mass is 32.2. The van der Waals surface area contributed by atoms with Crippen molar-refractivity contribution in [1.82, 2.24) is 9.21 Å². The van der Waals surface area contributed by atoms with E-state index in [0.29, 0.717) is 13.1 Å². The lowest BCUT2D eigenvalue weighted by atomic mass is 10.2. The van der Waals surface area contributed by atoms with Gasteiger partial charge in [-0.1, -0.05) is 0 Å². The van der Waals surface area contributed by atoms with Crippen LogP contribution in [-0.2, 0) is 14.8 Å². The van der Waals surface area contributed by atoms with E-state index < -0.39 is 10.0 Å². The number of sulfonamides is 1. The van der Waals surface area contributed by atoms with Crippen LogP contribution < -0.4 is 0 Å². The Hall–Kier alpha value is -0.990. The normalized spacial score (nSPS) is 20.5. The van der Waals surface area contributed by atoms with Crippen LogP contribution in [0.4, 0.5) is 0 Å². The fourth-order valence-corrected chi connectivity index (χ4v) is 3.66. The summed E-state index contributed by atoms with van der Waals surface area (Å²) in [7, 11) is -1.90. The molecule has 1 aliphatic rings. The first-order valence-electron chi connectivity index (χ1n) is 6.72. The summed E-state index contributed by atoms with van der Waals surface area (Å²) in [5, 5.41) is 0.255. The molecule has 1 saturated heterocycles. The molecule has 1 aromatic rings. The number of furan rings is 1. The zero-order valence-electron chi connectivity index (χ0n) is 12.2. The van der Waals surface area contributed by atoms with Gasteiger partial charge in [-0.25, -0.2) is 8.42 Å². The third-order valence-corrected chi connectivity index (χ3v) is 6.03. The molecule has 1 atom stereocenters. The summed E-state index contributed by atoms with van der Waals surface area (Å²) in [4.78, 5) is 13.9. The fraction of sp³-hybridized carbons (Fsp3) is 0.615. The molecular weight excluding hydrogens is 312 g/mol. The average Bonchev–Trinajstić information content (AvgIpc) is 2.82. The minimum absolute atomic E-state index is 0.102. The van der Waals surface area contributed by atoms with Crippen LogP contribution in [0.5, 0.6) is 0 Å². The van der Waals surface area contributed by atoms with Gasteiger partial charge in [0.2, 0.25) is 15.9 Å². The number of nitrogens with zero attached hydrogens (tertiary/aromatic N) is 2. The predicted molar refractivity (Wildman–Crippen MR) is 82.6 cm³/mol. The summed E-state index contributed by atoms with van der Waals surface area (Å²) in [6.45, 7) is 1.15. The van der Waals surface area contributed by atoms with E-state index in [1.165, 1.54) is 7.05 Å². The lowest BCUT2D eigenvalue weighted by Gasteiger charge is -2.23. The van der Waals surface area contributed by atoms with Crippen LogP contribution in [0.2, 0.25) is 0 Å². The second-order valence-electron chi connectivity index (χ2n) is 5.06. The monoisotopic (exact) mass is 332 g/mol. The molecule has 0 N–H and O–H groups in total. The third kappa shape index (κ3) is 4.49. The minimum atomic E-state index is -3.33. The molecule has 0 radical (unpaired) electrons. The maximum Gasteiger partial charge on any atom is 0.237 e. The van der Waals surface area contributed by atoms with Crippen LogP contribution in [-0.4, -0.2) is 62.2 Å². The summed E-state index contributed by atoms with van der Waals surface area (Å²) in [6.07, 6.45) is 3.57. The van der Waals surface area contributed by atoms with Crippen molar-refractivity contribution in [2.24, 2.45) is 0 Å². The number of carbonyl (C=O) groups is 1. The number of hydrogen-bond donors (Lipinski definition) is 0. The molecule has 0 unspecified atom stereocenters. The Morgan fingerprint density at radius 1 is 1.52 bits per heavy atom. The van der Waals surface area contributed by atoms with E-state index in [4.69, 9.17) is 4.42 Å². The first kappa shape index (κ1) is 16.4. The Morgan fingerprint density at radius 3 is 2.90 bits per heavy atom. The smallest absolute Gasteiger partial charge is 0.237 e. The van der Waals surface area contributed by atoms with Gasteiger partial charge >= 0.3 is 0 Å². The summed E-state index contributed by atoms with van der Waals surface area (Å²) < 4.78 is 29.2. The largest absolute Gasteiger partial charge is 0.468 e. The molecule has 1 fully saturated rings. The van der Waals surface area contributed by atoms with E-state index >= 15 is 0 Å². The summed E-state index contributed by atoms with van der Waals surface area (Å²) in [6, 6.07) is 3.82. The van der Waals surface area contributed by atoms with Crippen LogP contribution in [0, 0.1) is 0 Å². The molecule has 0 bridgehead atoms. The number of rotatable bonds is 4. The van der Waals surface area contributed by atoms with Gasteiger partial charge in [-0.05, 0) is 18.6 Å². The van der Waals surface area contributed by atoms with Gasteiger partial charge in [0.1, 0.15) is 5.76 Å². The second-order valence-corrected chi connectivity index (χ2v) is 8.46. The van der Waals surface area contributed by atoms with Gasteiger partial charge in [0.25, 0.3) is 0 Å². The average molecular weight is 332 g/mol. The summed E-state index contributed by atoms with van der Waals surface area (Å²) in [5.74, 6) is 1.60. The highest BCUT2D eigenvalue weighted by Crippen LogP contribution is 2.34. The van der Waals surface area contributed by atoms with Crippen LogP contribution in [0.1, 0.15) is 17.4 Å². The number of carbonyl (C=O) groups excluding carboxylic acids is 1. The Bertz CT molecular complexity index is 571. The molecule has 8 heteroatoms. The van der Waals surface area contributed by atoms with Gasteiger partial charge in [0.15, 0.2) is 0 Å². The van der Waals surface area contributed by atoms with Crippen LogP contribution >= 0.6 is 11.8 Å². The zero-order chi connectivity index (χ0) is 15.5. The van der Waals surface area contributed by atoms with Crippen LogP contribution in [0.25, 0.3) is 0 Å². The molecule has 1 aromatic heterocycles. The SMILES string of the molecule is CN(CC(=O)N1CCS[C@H](c2ccco2)CC1)S(C)(=O)=O. The maximum atomic E-state index is 12.2. The van der Waals surface area contributed by atoms with Gasteiger partial charge in [0, 0.05) is 25.9 Å². The number of thioether (sulfide) groups is 1. The van der Waals surface area contributed by atoms with Crippen LogP contribution in [0.15, 0.2) is 22.8 Å². The molecule has 0 saturated carbocycles. The van der Waals surface area contributed by atoms with Gasteiger partial charge in [-0.2, -0.15) is 4.31 Å². The molecule has 0 aliphatic carbocycles. The fourth-order valence-electron chi connectivity index (χ4n) is 2.13. The number of amides is 1. The van der Waals surface area contributed by atoms with E-state index in [1.807, 2.05) is 12.1 Å². The Balaban J connectivity index is 1.92. The standard InChI is InChI=1S/C13H20N2O4S2/c1-14(21(2,17)18)10-13(16)15-6-5-12(20-9-7-15)11-4-3-8-19-11/h3-4,8,12H,5-7,9-10H2,1-2H3/t12-/m0/s1. The third-order valence-electron chi connectivity index (χ3n) is 3.48. The molecule has 2 rings (SSSR count). The highest BCUT2D eigenvalue weighted by Gasteiger charge is 2.25. The summed E-state index contributed by atoms with van der Waals surface area (Å²) in [5.41, 5.74) is 0. The van der Waals surface area contributed by atoms with E-state index in [1.54, 1.807) is 22.9 Å². The van der Waals surface area contributed by atoms with Crippen molar-refractivity contribution in [3.05, 3.63) is 24.2 Å². The molecular formula is C13H20N2O4S2. The Morgan fingerprint density at radius 2 is 2.29 bits per heavy atom. The maximum absolute atomic E-state index is 12.2. The Kier molecular flexibility index (Phi) is 5.34. The predicted octanol–water partition coefficient (Wildman–Crippen LogP) is 1.18. The van der Waals surface area contributed by atoms with E-state index in [-0.39, 0.29) is 17.7 Å². The van der Waals surface area contributed by atoms with Crippen molar-refractivity contribution >= 4 is 27.7 Å². The molecule has 6 nitrogen and oxygen atoms in total. The van der Waals surface area contributed by atoms with Gasteiger partial charge in [-0.15, -0.1) is 11.8 Å². The van der Waals surface area contributed by atoms with Crippen molar-refractivity contribution < 1.29 is 17.6 Å². The van der Waals surface area contributed by atoms with Crippen molar-refractivity contribution in [2.45, 2.75) is 11.7 Å². The quantitative estimate of drug-likeness (QED) is 0.828. The molecule has 1 amide bonds. The number of likely N-dealkylation sites (N-methyl/N-ethyl adjacent to an activating group) is 1. The Labute approximate surface area is 129 Å². The van der Waals surface area contributed by atoms with Crippen LogP contribution in [0.3, 0.4) is 0 Å². The van der Waals surface area contributed by atoms with Gasteiger partial charge in [0.05, 0.1) is 24.3 Å².